The first-order valence-electron chi connectivity index (χ1n) is 8.36. The maximum Gasteiger partial charge on any atom is 0.228 e. The van der Waals surface area contributed by atoms with Crippen molar-refractivity contribution in [2.75, 3.05) is 11.9 Å². The van der Waals surface area contributed by atoms with Crippen molar-refractivity contribution in [3.8, 4) is 0 Å². The van der Waals surface area contributed by atoms with E-state index in [1.165, 1.54) is 0 Å². The number of hydrogen-bond acceptors (Lipinski definition) is 3. The van der Waals surface area contributed by atoms with E-state index in [9.17, 15) is 9.59 Å². The number of hydrogen-bond donors (Lipinski definition) is 1. The summed E-state index contributed by atoms with van der Waals surface area (Å²) >= 11 is 0. The molecule has 0 radical (unpaired) electrons. The van der Waals surface area contributed by atoms with Gasteiger partial charge >= 0.3 is 0 Å². The smallest absolute Gasteiger partial charge is 0.228 e. The standard InChI is InChI=1S/C18H20N4O2/c23-17-10-14-4-3-13(8-16(14)20-17)9-18(24)22-6-1-2-15(22)11-21-7-5-19-12-21/h3-5,7-8,12,15H,1-2,6,9-11H2,(H,20,23). The van der Waals surface area contributed by atoms with Crippen LogP contribution in [-0.2, 0) is 29.0 Å². The van der Waals surface area contributed by atoms with E-state index in [0.29, 0.717) is 12.8 Å². The molecule has 1 N–H and O–H groups in total. The maximum absolute atomic E-state index is 12.7. The van der Waals surface area contributed by atoms with E-state index < -0.39 is 0 Å². The number of imidazole rings is 1. The largest absolute Gasteiger partial charge is 0.338 e. The Morgan fingerprint density at radius 1 is 1.38 bits per heavy atom. The fourth-order valence-corrected chi connectivity index (χ4v) is 3.64. The van der Waals surface area contributed by atoms with Gasteiger partial charge in [-0.15, -0.1) is 0 Å². The van der Waals surface area contributed by atoms with Crippen molar-refractivity contribution in [2.45, 2.75) is 38.3 Å². The van der Waals surface area contributed by atoms with E-state index in [1.807, 2.05) is 33.9 Å². The highest BCUT2D eigenvalue weighted by molar-refractivity contribution is 5.99. The fourth-order valence-electron chi connectivity index (χ4n) is 3.64. The van der Waals surface area contributed by atoms with Crippen LogP contribution < -0.4 is 5.32 Å². The predicted molar refractivity (Wildman–Crippen MR) is 89.4 cm³/mol. The first-order chi connectivity index (χ1) is 11.7. The number of nitrogens with zero attached hydrogens (tertiary/aromatic N) is 3. The fraction of sp³-hybridized carbons (Fsp3) is 0.389. The first-order valence-corrected chi connectivity index (χ1v) is 8.36. The summed E-state index contributed by atoms with van der Waals surface area (Å²) in [6.45, 7) is 1.62. The molecule has 0 spiro atoms. The third kappa shape index (κ3) is 2.91. The Bertz CT molecular complexity index is 769. The molecule has 2 amide bonds. The van der Waals surface area contributed by atoms with Gasteiger partial charge in [-0.2, -0.15) is 0 Å². The van der Waals surface area contributed by atoms with Crippen LogP contribution in [0, 0.1) is 0 Å². The monoisotopic (exact) mass is 324 g/mol. The lowest BCUT2D eigenvalue weighted by Gasteiger charge is -2.25. The van der Waals surface area contributed by atoms with E-state index in [-0.39, 0.29) is 17.9 Å². The van der Waals surface area contributed by atoms with Gasteiger partial charge in [-0.05, 0) is 30.0 Å². The quantitative estimate of drug-likeness (QED) is 0.929. The molecule has 1 fully saturated rings. The highest BCUT2D eigenvalue weighted by Gasteiger charge is 2.29. The van der Waals surface area contributed by atoms with Crippen LogP contribution in [0.2, 0.25) is 0 Å². The average molecular weight is 324 g/mol. The van der Waals surface area contributed by atoms with Crippen LogP contribution in [0.5, 0.6) is 0 Å². The third-order valence-electron chi connectivity index (χ3n) is 4.83. The van der Waals surface area contributed by atoms with Gasteiger partial charge < -0.3 is 14.8 Å². The second-order valence-electron chi connectivity index (χ2n) is 6.54. The molecule has 1 aromatic carbocycles. The van der Waals surface area contributed by atoms with Gasteiger partial charge in [0.05, 0.1) is 19.2 Å². The second kappa shape index (κ2) is 6.11. The van der Waals surface area contributed by atoms with Gasteiger partial charge in [0.1, 0.15) is 0 Å². The van der Waals surface area contributed by atoms with Gasteiger partial charge in [0.15, 0.2) is 0 Å². The minimum Gasteiger partial charge on any atom is -0.338 e. The van der Waals surface area contributed by atoms with Gasteiger partial charge in [-0.3, -0.25) is 9.59 Å². The minimum absolute atomic E-state index is 0.0217. The van der Waals surface area contributed by atoms with Crippen LogP contribution in [0.4, 0.5) is 5.69 Å². The summed E-state index contributed by atoms with van der Waals surface area (Å²) in [5, 5.41) is 2.84. The molecule has 2 aliphatic rings. The number of anilines is 1. The summed E-state index contributed by atoms with van der Waals surface area (Å²) < 4.78 is 2.03. The van der Waals surface area contributed by atoms with Crippen LogP contribution in [0.3, 0.4) is 0 Å². The molecule has 1 aromatic heterocycles. The van der Waals surface area contributed by atoms with Crippen LogP contribution in [0.25, 0.3) is 0 Å². The molecule has 0 bridgehead atoms. The molecule has 0 aliphatic carbocycles. The Morgan fingerprint density at radius 3 is 3.12 bits per heavy atom. The number of rotatable bonds is 4. The Balaban J connectivity index is 1.44. The van der Waals surface area contributed by atoms with E-state index >= 15 is 0 Å². The minimum atomic E-state index is 0.0217. The summed E-state index contributed by atoms with van der Waals surface area (Å²) in [4.78, 5) is 30.2. The lowest BCUT2D eigenvalue weighted by atomic mass is 10.1. The Hall–Kier alpha value is -2.63. The summed E-state index contributed by atoms with van der Waals surface area (Å²) in [7, 11) is 0. The van der Waals surface area contributed by atoms with Crippen molar-refractivity contribution in [1.29, 1.82) is 0 Å². The van der Waals surface area contributed by atoms with Gasteiger partial charge in [-0.1, -0.05) is 12.1 Å². The molecule has 4 rings (SSSR count). The zero-order chi connectivity index (χ0) is 16.5. The van der Waals surface area contributed by atoms with E-state index in [0.717, 1.165) is 42.7 Å². The molecule has 3 heterocycles. The molecule has 24 heavy (non-hydrogen) atoms. The topological polar surface area (TPSA) is 67.2 Å². The normalized spacial score (nSPS) is 19.4. The zero-order valence-electron chi connectivity index (χ0n) is 13.4. The van der Waals surface area contributed by atoms with Crippen molar-refractivity contribution < 1.29 is 9.59 Å². The Kier molecular flexibility index (Phi) is 3.80. The van der Waals surface area contributed by atoms with Crippen molar-refractivity contribution in [3.05, 3.63) is 48.0 Å². The van der Waals surface area contributed by atoms with Gasteiger partial charge in [0.25, 0.3) is 0 Å². The predicted octanol–water partition coefficient (Wildman–Crippen LogP) is 1.61. The molecule has 2 aliphatic heterocycles. The molecular formula is C18H20N4O2. The van der Waals surface area contributed by atoms with Crippen molar-refractivity contribution >= 4 is 17.5 Å². The van der Waals surface area contributed by atoms with Crippen molar-refractivity contribution in [3.63, 3.8) is 0 Å². The number of fused-ring (bicyclic) bond motifs is 1. The molecule has 1 saturated heterocycles. The maximum atomic E-state index is 12.7. The second-order valence-corrected chi connectivity index (χ2v) is 6.54. The highest BCUT2D eigenvalue weighted by Crippen LogP contribution is 2.25. The van der Waals surface area contributed by atoms with Crippen LogP contribution in [0.1, 0.15) is 24.0 Å². The third-order valence-corrected chi connectivity index (χ3v) is 4.83. The van der Waals surface area contributed by atoms with Gasteiger partial charge in [-0.25, -0.2) is 4.98 Å². The molecule has 124 valence electrons. The molecule has 0 saturated carbocycles. The highest BCUT2D eigenvalue weighted by atomic mass is 16.2. The van der Waals surface area contributed by atoms with Crippen LogP contribution >= 0.6 is 0 Å². The zero-order valence-corrected chi connectivity index (χ0v) is 13.4. The van der Waals surface area contributed by atoms with E-state index in [2.05, 4.69) is 10.3 Å². The van der Waals surface area contributed by atoms with Crippen molar-refractivity contribution in [2.24, 2.45) is 0 Å². The lowest BCUT2D eigenvalue weighted by Crippen LogP contribution is -2.38. The molecule has 6 nitrogen and oxygen atoms in total. The molecule has 1 atom stereocenters. The van der Waals surface area contributed by atoms with Crippen LogP contribution in [0.15, 0.2) is 36.9 Å². The number of carbonyl (C=O) groups is 2. The number of benzene rings is 1. The molecule has 6 heteroatoms. The molecule has 2 aromatic rings. The number of carbonyl (C=O) groups excluding carboxylic acids is 2. The Morgan fingerprint density at radius 2 is 2.29 bits per heavy atom. The number of nitrogens with one attached hydrogen (secondary N) is 1. The SMILES string of the molecule is O=C1Cc2ccc(CC(=O)N3CCCC3Cn3ccnc3)cc2N1. The average Bonchev–Trinajstić information content (AvgIpc) is 3.27. The summed E-state index contributed by atoms with van der Waals surface area (Å²) in [5.41, 5.74) is 2.81. The summed E-state index contributed by atoms with van der Waals surface area (Å²) in [6, 6.07) is 6.07. The summed E-state index contributed by atoms with van der Waals surface area (Å²) in [5.74, 6) is 0.176. The first kappa shape index (κ1) is 14.9. The lowest BCUT2D eigenvalue weighted by molar-refractivity contribution is -0.131. The molecular weight excluding hydrogens is 304 g/mol. The summed E-state index contributed by atoms with van der Waals surface area (Å²) in [6.07, 6.45) is 8.38. The van der Waals surface area contributed by atoms with E-state index in [4.69, 9.17) is 0 Å². The van der Waals surface area contributed by atoms with Crippen molar-refractivity contribution in [1.82, 2.24) is 14.5 Å². The molecule has 1 unspecified atom stereocenters. The number of amides is 2. The Labute approximate surface area is 140 Å². The van der Waals surface area contributed by atoms with E-state index in [1.54, 1.807) is 12.5 Å². The number of aromatic nitrogens is 2. The van der Waals surface area contributed by atoms with Gasteiger partial charge in [0, 0.05) is 37.2 Å². The van der Waals surface area contributed by atoms with Crippen LogP contribution in [-0.4, -0.2) is 38.9 Å². The van der Waals surface area contributed by atoms with Gasteiger partial charge in [0.2, 0.25) is 11.8 Å². The number of likely N-dealkylation sites (tertiary alicyclic amines) is 1.